The van der Waals surface area contributed by atoms with Crippen LogP contribution in [0.5, 0.6) is 0 Å². The summed E-state index contributed by atoms with van der Waals surface area (Å²) < 4.78 is 29.2. The number of ether oxygens (including phenoxy) is 1. The van der Waals surface area contributed by atoms with Crippen molar-refractivity contribution >= 4 is 41.0 Å². The number of nitriles is 1. The van der Waals surface area contributed by atoms with Crippen molar-refractivity contribution in [2.45, 2.75) is 92.9 Å². The van der Waals surface area contributed by atoms with Crippen LogP contribution >= 0.6 is 22.6 Å². The molecule has 9 heteroatoms. The second-order valence-electron chi connectivity index (χ2n) is 10.7. The molecule has 3 aromatic rings. The fraction of sp³-hybridized carbons (Fsp3) is 0.531. The molecule has 6 nitrogen and oxygen atoms in total. The minimum Gasteiger partial charge on any atom is -0.271 e. The molecule has 0 N–H and O–H groups in total. The smallest absolute Gasteiger partial charge is 0.162 e. The van der Waals surface area contributed by atoms with Gasteiger partial charge in [-0.2, -0.15) is 15.5 Å². The van der Waals surface area contributed by atoms with Crippen LogP contribution in [0.3, 0.4) is 0 Å². The molecule has 0 spiro atoms. The molecule has 2 heterocycles. The molecule has 41 heavy (non-hydrogen) atoms. The first kappa shape index (κ1) is 35.3. The van der Waals surface area contributed by atoms with Gasteiger partial charge >= 0.3 is 120 Å². The number of hydrogen-bond acceptors (Lipinski definition) is 4. The van der Waals surface area contributed by atoms with E-state index in [1.807, 2.05) is 30.8 Å². The van der Waals surface area contributed by atoms with Gasteiger partial charge in [-0.3, -0.25) is 4.68 Å². The molecule has 0 saturated carbocycles. The second kappa shape index (κ2) is 17.9. The molecule has 224 valence electrons. The average Bonchev–Trinajstić information content (AvgIpc) is 3.49. The van der Waals surface area contributed by atoms with Gasteiger partial charge in [0.05, 0.1) is 17.1 Å². The van der Waals surface area contributed by atoms with E-state index in [-0.39, 0.29) is 5.82 Å². The van der Waals surface area contributed by atoms with Gasteiger partial charge in [0, 0.05) is 22.7 Å². The van der Waals surface area contributed by atoms with E-state index in [4.69, 9.17) is 10.00 Å². The summed E-state index contributed by atoms with van der Waals surface area (Å²) in [5.74, 6) is -0.270. The Bertz CT molecular complexity index is 1270. The Morgan fingerprint density at radius 1 is 1.00 bits per heavy atom. The maximum Gasteiger partial charge on any atom is 0.162 e. The number of aromatic nitrogens is 4. The average molecular weight is 782 g/mol. The van der Waals surface area contributed by atoms with Crippen molar-refractivity contribution in [1.29, 1.82) is 5.26 Å². The maximum atomic E-state index is 13.3. The van der Waals surface area contributed by atoms with Crippen molar-refractivity contribution in [2.75, 3.05) is 6.61 Å². The third-order valence-corrected chi connectivity index (χ3v) is 23.3. The molecular weight excluding hydrogens is 735 g/mol. The molecule has 0 fully saturated rings. The largest absolute Gasteiger partial charge is 0.271 e. The molecule has 0 bridgehead atoms. The molecule has 0 unspecified atom stereocenters. The standard InChI is InChI=1S/C16H13FIN5.C4H7O.3C4H9.Sn/c1-10-5-14(8-13-7-12(9-19)21-22(13)2)23(20-10)16-4-3-11(17)6-15(16)18;1-3-5-4-2;3*1-3-4-2;/h3-7H,8H2,1-2H3;1,4H2,2H3;3*1,3-4H2,2H3;. The Balaban J connectivity index is 0.000000298. The maximum absolute atomic E-state index is 13.3. The first-order valence-electron chi connectivity index (χ1n) is 14.9. The van der Waals surface area contributed by atoms with Crippen LogP contribution in [0.15, 0.2) is 40.7 Å². The number of rotatable bonds is 15. The van der Waals surface area contributed by atoms with Crippen molar-refractivity contribution in [3.8, 4) is 11.8 Å². The van der Waals surface area contributed by atoms with Gasteiger partial charge in [0.2, 0.25) is 0 Å². The summed E-state index contributed by atoms with van der Waals surface area (Å²) in [6, 6.07) is 10.4. The van der Waals surface area contributed by atoms with E-state index in [9.17, 15) is 4.39 Å². The SMILES string of the molecule is C=[C](OCC)[Sn]([CH2]CCC)([CH2]CCC)[CH2]CCC.Cc1cc(Cc2cc(C#N)nn2C)n(-c2ccc(F)cc2I)n1. The predicted octanol–water partition coefficient (Wildman–Crippen LogP) is 9.05. The van der Waals surface area contributed by atoms with Crippen molar-refractivity contribution < 1.29 is 9.13 Å². The number of unbranched alkanes of at least 4 members (excludes halogenated alkanes) is 3. The molecule has 2 aromatic heterocycles. The van der Waals surface area contributed by atoms with Gasteiger partial charge in [-0.15, -0.1) is 0 Å². The van der Waals surface area contributed by atoms with E-state index in [0.717, 1.165) is 32.9 Å². The van der Waals surface area contributed by atoms with Crippen LogP contribution in [-0.4, -0.2) is 44.5 Å². The molecule has 1 aromatic carbocycles. The first-order valence-corrected chi connectivity index (χ1v) is 23.5. The van der Waals surface area contributed by atoms with Gasteiger partial charge < -0.3 is 0 Å². The van der Waals surface area contributed by atoms with E-state index in [1.54, 1.807) is 16.8 Å². The Morgan fingerprint density at radius 2 is 1.61 bits per heavy atom. The minimum absolute atomic E-state index is 0.270. The minimum atomic E-state index is -2.24. The van der Waals surface area contributed by atoms with Gasteiger partial charge in [-0.05, 0) is 59.8 Å². The van der Waals surface area contributed by atoms with E-state index in [1.165, 1.54) is 67.7 Å². The van der Waals surface area contributed by atoms with Crippen molar-refractivity contribution in [3.05, 3.63) is 72.8 Å². The van der Waals surface area contributed by atoms with E-state index < -0.39 is 18.4 Å². The summed E-state index contributed by atoms with van der Waals surface area (Å²) in [6.45, 7) is 16.1. The van der Waals surface area contributed by atoms with Crippen LogP contribution < -0.4 is 0 Å². The molecule has 0 aliphatic rings. The summed E-state index contributed by atoms with van der Waals surface area (Å²) >= 11 is -0.141. The number of halogens is 2. The molecule has 0 radical (unpaired) electrons. The topological polar surface area (TPSA) is 68.7 Å². The monoisotopic (exact) mass is 783 g/mol. The summed E-state index contributed by atoms with van der Waals surface area (Å²) in [5.41, 5.74) is 3.97. The third-order valence-electron chi connectivity index (χ3n) is 7.43. The predicted molar refractivity (Wildman–Crippen MR) is 177 cm³/mol. The number of nitrogens with zero attached hydrogens (tertiary/aromatic N) is 5. The van der Waals surface area contributed by atoms with Gasteiger partial charge in [0.25, 0.3) is 0 Å². The van der Waals surface area contributed by atoms with E-state index in [0.29, 0.717) is 12.1 Å². The fourth-order valence-electron chi connectivity index (χ4n) is 5.12. The van der Waals surface area contributed by atoms with Gasteiger partial charge in [-0.25, -0.2) is 9.07 Å². The van der Waals surface area contributed by atoms with Crippen LogP contribution in [0.1, 0.15) is 89.0 Å². The van der Waals surface area contributed by atoms with Crippen LogP contribution in [0.2, 0.25) is 13.3 Å². The Hall–Kier alpha value is -1.87. The van der Waals surface area contributed by atoms with E-state index in [2.05, 4.69) is 67.1 Å². The zero-order valence-electron chi connectivity index (χ0n) is 25.8. The van der Waals surface area contributed by atoms with Crippen molar-refractivity contribution in [1.82, 2.24) is 19.6 Å². The van der Waals surface area contributed by atoms with Gasteiger partial charge in [-0.1, -0.05) is 0 Å². The molecule has 0 aliphatic carbocycles. The first-order chi connectivity index (χ1) is 19.6. The number of aryl methyl sites for hydroxylation is 2. The normalized spacial score (nSPS) is 11.1. The van der Waals surface area contributed by atoms with Gasteiger partial charge in [0.1, 0.15) is 11.9 Å². The quantitative estimate of drug-likeness (QED) is 0.0878. The molecule has 0 saturated heterocycles. The Morgan fingerprint density at radius 3 is 2.10 bits per heavy atom. The summed E-state index contributed by atoms with van der Waals surface area (Å²) in [7, 11) is 1.81. The molecule has 0 amide bonds. The van der Waals surface area contributed by atoms with E-state index >= 15 is 0 Å². The molecular formula is C32H47FIN5OSn. The number of hydrogen-bond donors (Lipinski definition) is 0. The Kier molecular flexibility index (Phi) is 15.5. The zero-order chi connectivity index (χ0) is 30.4. The van der Waals surface area contributed by atoms with Crippen LogP contribution in [0, 0.1) is 27.6 Å². The van der Waals surface area contributed by atoms with Crippen LogP contribution in [-0.2, 0) is 18.2 Å². The van der Waals surface area contributed by atoms with Crippen LogP contribution in [0.25, 0.3) is 5.69 Å². The molecule has 0 atom stereocenters. The van der Waals surface area contributed by atoms with Crippen molar-refractivity contribution in [3.63, 3.8) is 0 Å². The molecule has 3 rings (SSSR count). The third kappa shape index (κ3) is 10.4. The van der Waals surface area contributed by atoms with Gasteiger partial charge in [0.15, 0.2) is 5.69 Å². The van der Waals surface area contributed by atoms with Crippen molar-refractivity contribution in [2.24, 2.45) is 7.05 Å². The Labute approximate surface area is 264 Å². The molecule has 0 aliphatic heterocycles. The zero-order valence-corrected chi connectivity index (χ0v) is 30.8. The summed E-state index contributed by atoms with van der Waals surface area (Å²) in [6.07, 6.45) is 8.68. The second-order valence-corrected chi connectivity index (χ2v) is 25.0. The number of benzene rings is 1. The van der Waals surface area contributed by atoms with Crippen LogP contribution in [0.4, 0.5) is 4.39 Å². The fourth-order valence-corrected chi connectivity index (χ4v) is 20.5. The summed E-state index contributed by atoms with van der Waals surface area (Å²) in [4.78, 5) is 0. The summed E-state index contributed by atoms with van der Waals surface area (Å²) in [5, 5.41) is 17.6.